The fraction of sp³-hybridized carbons (Fsp3) is 0.143. The van der Waals surface area contributed by atoms with Crippen molar-refractivity contribution in [1.82, 2.24) is 10.3 Å². The molecule has 0 aliphatic rings. The van der Waals surface area contributed by atoms with Crippen molar-refractivity contribution in [1.29, 1.82) is 0 Å². The van der Waals surface area contributed by atoms with Gasteiger partial charge in [-0.05, 0) is 23.3 Å². The number of carbonyl (C=O) groups excluding carboxylic acids is 1. The van der Waals surface area contributed by atoms with Crippen LogP contribution in [0.15, 0.2) is 79.0 Å². The van der Waals surface area contributed by atoms with E-state index in [4.69, 9.17) is 0 Å². The van der Waals surface area contributed by atoms with Crippen LogP contribution in [0.1, 0.15) is 27.5 Å². The maximum absolute atomic E-state index is 12.9. The van der Waals surface area contributed by atoms with E-state index >= 15 is 0 Å². The first-order valence-corrected chi connectivity index (χ1v) is 8.20. The molecule has 0 aliphatic heterocycles. The summed E-state index contributed by atoms with van der Waals surface area (Å²) in [6.45, 7) is 0. The molecule has 4 nitrogen and oxygen atoms in total. The van der Waals surface area contributed by atoms with Gasteiger partial charge in [-0.2, -0.15) is 0 Å². The van der Waals surface area contributed by atoms with Gasteiger partial charge in [-0.15, -0.1) is 0 Å². The molecule has 1 N–H and O–H groups in total. The predicted octanol–water partition coefficient (Wildman–Crippen LogP) is 3.67. The molecule has 25 heavy (non-hydrogen) atoms. The topological polar surface area (TPSA) is 45.2 Å². The van der Waals surface area contributed by atoms with E-state index in [-0.39, 0.29) is 11.9 Å². The lowest BCUT2D eigenvalue weighted by Crippen LogP contribution is -2.31. The minimum absolute atomic E-state index is 0.144. The molecule has 126 valence electrons. The van der Waals surface area contributed by atoms with Gasteiger partial charge in [-0.3, -0.25) is 4.79 Å². The maximum Gasteiger partial charge on any atom is 0.255 e. The second kappa shape index (κ2) is 7.62. The molecule has 0 spiro atoms. The van der Waals surface area contributed by atoms with Crippen molar-refractivity contribution < 1.29 is 4.79 Å². The lowest BCUT2D eigenvalue weighted by Gasteiger charge is -2.21. The Labute approximate surface area is 148 Å². The number of benzene rings is 2. The summed E-state index contributed by atoms with van der Waals surface area (Å²) in [4.78, 5) is 19.1. The molecule has 3 rings (SSSR count). The van der Waals surface area contributed by atoms with Crippen LogP contribution in [0.25, 0.3) is 0 Å². The van der Waals surface area contributed by atoms with Crippen LogP contribution in [-0.2, 0) is 0 Å². The Morgan fingerprint density at radius 3 is 1.96 bits per heavy atom. The van der Waals surface area contributed by atoms with Crippen molar-refractivity contribution >= 4 is 11.7 Å². The average molecular weight is 331 g/mol. The molecule has 2 aromatic carbocycles. The van der Waals surface area contributed by atoms with Gasteiger partial charge in [0.2, 0.25) is 0 Å². The van der Waals surface area contributed by atoms with E-state index in [2.05, 4.69) is 10.3 Å². The molecular weight excluding hydrogens is 310 g/mol. The molecule has 3 aromatic rings. The molecule has 0 radical (unpaired) electrons. The summed E-state index contributed by atoms with van der Waals surface area (Å²) in [6, 6.07) is 23.3. The van der Waals surface area contributed by atoms with E-state index in [1.54, 1.807) is 18.3 Å². The highest BCUT2D eigenvalue weighted by Crippen LogP contribution is 2.23. The number of rotatable bonds is 5. The zero-order chi connectivity index (χ0) is 17.6. The van der Waals surface area contributed by atoms with Crippen LogP contribution < -0.4 is 10.2 Å². The number of hydrogen-bond donors (Lipinski definition) is 1. The Hall–Kier alpha value is -3.14. The molecule has 0 bridgehead atoms. The summed E-state index contributed by atoms with van der Waals surface area (Å²) >= 11 is 0. The molecule has 0 saturated carbocycles. The molecule has 0 fully saturated rings. The number of aromatic nitrogens is 1. The zero-order valence-corrected chi connectivity index (χ0v) is 14.4. The summed E-state index contributed by atoms with van der Waals surface area (Å²) in [5, 5.41) is 3.16. The van der Waals surface area contributed by atoms with Gasteiger partial charge in [-0.25, -0.2) is 4.98 Å². The van der Waals surface area contributed by atoms with Crippen LogP contribution in [0.3, 0.4) is 0 Å². The second-order valence-corrected chi connectivity index (χ2v) is 6.00. The fourth-order valence-electron chi connectivity index (χ4n) is 2.79. The number of hydrogen-bond acceptors (Lipinski definition) is 3. The third kappa shape index (κ3) is 3.86. The van der Waals surface area contributed by atoms with E-state index in [0.717, 1.165) is 11.1 Å². The van der Waals surface area contributed by atoms with Crippen molar-refractivity contribution in [3.05, 3.63) is 95.7 Å². The molecule has 4 heteroatoms. The summed E-state index contributed by atoms with van der Waals surface area (Å²) < 4.78 is 0. The lowest BCUT2D eigenvalue weighted by atomic mass is 9.98. The molecule has 0 atom stereocenters. The van der Waals surface area contributed by atoms with Gasteiger partial charge in [0.25, 0.3) is 5.91 Å². The maximum atomic E-state index is 12.9. The van der Waals surface area contributed by atoms with Crippen molar-refractivity contribution in [2.75, 3.05) is 19.0 Å². The smallest absolute Gasteiger partial charge is 0.255 e. The Kier molecular flexibility index (Phi) is 5.09. The van der Waals surface area contributed by atoms with Crippen molar-refractivity contribution in [2.45, 2.75) is 6.04 Å². The van der Waals surface area contributed by atoms with Crippen LogP contribution in [0.5, 0.6) is 0 Å². The van der Waals surface area contributed by atoms with Gasteiger partial charge in [0.05, 0.1) is 11.6 Å². The molecule has 1 heterocycles. The Morgan fingerprint density at radius 1 is 0.880 bits per heavy atom. The summed E-state index contributed by atoms with van der Waals surface area (Å²) in [7, 11) is 3.76. The highest BCUT2D eigenvalue weighted by atomic mass is 16.1. The number of anilines is 1. The van der Waals surface area contributed by atoms with E-state index in [9.17, 15) is 4.79 Å². The first kappa shape index (κ1) is 16.7. The Bertz CT molecular complexity index is 793. The van der Waals surface area contributed by atoms with Gasteiger partial charge in [-0.1, -0.05) is 60.7 Å². The highest BCUT2D eigenvalue weighted by molar-refractivity contribution is 5.99. The average Bonchev–Trinajstić information content (AvgIpc) is 2.67. The summed E-state index contributed by atoms with van der Waals surface area (Å²) in [6.07, 6.45) is 1.69. The van der Waals surface area contributed by atoms with Crippen LogP contribution in [-0.4, -0.2) is 25.0 Å². The standard InChI is InChI=1S/C21H21N3O/c1-24(2)20-18(14-9-15-22-20)21(25)23-19(16-10-5-3-6-11-16)17-12-7-4-8-13-17/h3-15,19H,1-2H3,(H,23,25). The SMILES string of the molecule is CN(C)c1ncccc1C(=O)NC(c1ccccc1)c1ccccc1. The molecule has 0 saturated heterocycles. The van der Waals surface area contributed by atoms with E-state index in [0.29, 0.717) is 11.4 Å². The lowest BCUT2D eigenvalue weighted by molar-refractivity contribution is 0.0943. The zero-order valence-electron chi connectivity index (χ0n) is 14.4. The van der Waals surface area contributed by atoms with Gasteiger partial charge < -0.3 is 10.2 Å². The van der Waals surface area contributed by atoms with Crippen LogP contribution in [0.4, 0.5) is 5.82 Å². The van der Waals surface area contributed by atoms with E-state index in [1.165, 1.54) is 0 Å². The Balaban J connectivity index is 1.95. The number of carbonyl (C=O) groups is 1. The van der Waals surface area contributed by atoms with Gasteiger partial charge in [0, 0.05) is 20.3 Å². The summed E-state index contributed by atoms with van der Waals surface area (Å²) in [5.74, 6) is 0.509. The van der Waals surface area contributed by atoms with Crippen LogP contribution >= 0.6 is 0 Å². The molecule has 0 aliphatic carbocycles. The van der Waals surface area contributed by atoms with E-state index in [1.807, 2.05) is 79.7 Å². The van der Waals surface area contributed by atoms with Gasteiger partial charge in [0.15, 0.2) is 0 Å². The first-order chi connectivity index (χ1) is 12.2. The predicted molar refractivity (Wildman–Crippen MR) is 101 cm³/mol. The number of pyridine rings is 1. The third-order valence-electron chi connectivity index (χ3n) is 4.00. The molecule has 0 unspecified atom stereocenters. The van der Waals surface area contributed by atoms with Gasteiger partial charge >= 0.3 is 0 Å². The third-order valence-corrected chi connectivity index (χ3v) is 4.00. The number of nitrogens with zero attached hydrogens (tertiary/aromatic N) is 2. The molecule has 1 aromatic heterocycles. The summed E-state index contributed by atoms with van der Waals surface area (Å²) in [5.41, 5.74) is 2.64. The molecular formula is C21H21N3O. The van der Waals surface area contributed by atoms with Crippen LogP contribution in [0, 0.1) is 0 Å². The van der Waals surface area contributed by atoms with Crippen LogP contribution in [0.2, 0.25) is 0 Å². The van der Waals surface area contributed by atoms with Crippen molar-refractivity contribution in [3.8, 4) is 0 Å². The Morgan fingerprint density at radius 2 is 1.44 bits per heavy atom. The monoisotopic (exact) mass is 331 g/mol. The minimum atomic E-state index is -0.217. The first-order valence-electron chi connectivity index (χ1n) is 8.20. The number of amides is 1. The van der Waals surface area contributed by atoms with Gasteiger partial charge in [0.1, 0.15) is 5.82 Å². The van der Waals surface area contributed by atoms with Crippen molar-refractivity contribution in [3.63, 3.8) is 0 Å². The quantitative estimate of drug-likeness (QED) is 0.776. The number of nitrogens with one attached hydrogen (secondary N) is 1. The fourth-order valence-corrected chi connectivity index (χ4v) is 2.79. The largest absolute Gasteiger partial charge is 0.362 e. The van der Waals surface area contributed by atoms with Crippen molar-refractivity contribution in [2.24, 2.45) is 0 Å². The molecule has 1 amide bonds. The highest BCUT2D eigenvalue weighted by Gasteiger charge is 2.20. The second-order valence-electron chi connectivity index (χ2n) is 6.00. The normalized spacial score (nSPS) is 10.5. The minimum Gasteiger partial charge on any atom is -0.362 e. The van der Waals surface area contributed by atoms with E-state index < -0.39 is 0 Å².